The molecule has 0 radical (unpaired) electrons. The maximum atomic E-state index is 11.6. The highest BCUT2D eigenvalue weighted by Gasteiger charge is 2.48. The SMILES string of the molecule is CCCCOC(=O)N1CC2(CNCC(=O)N2)C1. The predicted octanol–water partition coefficient (Wildman–Crippen LogP) is -0.303. The molecule has 2 heterocycles. The largest absolute Gasteiger partial charge is 0.449 e. The van der Waals surface area contributed by atoms with E-state index in [1.807, 2.05) is 0 Å². The van der Waals surface area contributed by atoms with Crippen LogP contribution in [0.4, 0.5) is 4.79 Å². The maximum Gasteiger partial charge on any atom is 0.409 e. The van der Waals surface area contributed by atoms with E-state index < -0.39 is 0 Å². The van der Waals surface area contributed by atoms with E-state index in [0.29, 0.717) is 26.2 Å². The average molecular weight is 241 g/mol. The van der Waals surface area contributed by atoms with Crippen molar-refractivity contribution in [3.8, 4) is 0 Å². The molecular formula is C11H19N3O3. The van der Waals surface area contributed by atoms with E-state index >= 15 is 0 Å². The quantitative estimate of drug-likeness (QED) is 0.665. The summed E-state index contributed by atoms with van der Waals surface area (Å²) in [6.45, 7) is 4.69. The molecule has 2 aliphatic heterocycles. The van der Waals surface area contributed by atoms with Crippen molar-refractivity contribution in [3.63, 3.8) is 0 Å². The molecule has 2 amide bonds. The van der Waals surface area contributed by atoms with Crippen molar-refractivity contribution in [1.29, 1.82) is 0 Å². The molecule has 96 valence electrons. The highest BCUT2D eigenvalue weighted by molar-refractivity contribution is 5.81. The first-order valence-corrected chi connectivity index (χ1v) is 6.09. The van der Waals surface area contributed by atoms with Crippen molar-refractivity contribution in [2.75, 3.05) is 32.8 Å². The van der Waals surface area contributed by atoms with Gasteiger partial charge in [-0.25, -0.2) is 4.79 Å². The maximum absolute atomic E-state index is 11.6. The Morgan fingerprint density at radius 2 is 2.29 bits per heavy atom. The lowest BCUT2D eigenvalue weighted by Crippen LogP contribution is -2.77. The summed E-state index contributed by atoms with van der Waals surface area (Å²) >= 11 is 0. The molecule has 0 aromatic heterocycles. The van der Waals surface area contributed by atoms with Gasteiger partial charge in [-0.3, -0.25) is 4.79 Å². The third kappa shape index (κ3) is 2.69. The van der Waals surface area contributed by atoms with Gasteiger partial charge in [0.1, 0.15) is 0 Å². The second-order valence-corrected chi connectivity index (χ2v) is 4.76. The number of nitrogens with one attached hydrogen (secondary N) is 2. The summed E-state index contributed by atoms with van der Waals surface area (Å²) in [5, 5.41) is 5.98. The number of hydrogen-bond acceptors (Lipinski definition) is 4. The Morgan fingerprint density at radius 1 is 1.53 bits per heavy atom. The van der Waals surface area contributed by atoms with E-state index in [9.17, 15) is 9.59 Å². The molecule has 1 spiro atoms. The number of piperazine rings is 1. The van der Waals surface area contributed by atoms with Crippen LogP contribution in [0, 0.1) is 0 Å². The van der Waals surface area contributed by atoms with Gasteiger partial charge < -0.3 is 20.3 Å². The first kappa shape index (κ1) is 12.2. The number of carbonyl (C=O) groups excluding carboxylic acids is 2. The monoisotopic (exact) mass is 241 g/mol. The second kappa shape index (κ2) is 4.91. The standard InChI is InChI=1S/C11H19N3O3/c1-2-3-4-17-10(16)14-7-11(8-14)6-12-5-9(15)13-11/h12H,2-8H2,1H3,(H,13,15). The molecule has 0 bridgehead atoms. The minimum absolute atomic E-state index is 0.00440. The van der Waals surface area contributed by atoms with Crippen LogP contribution in [-0.2, 0) is 9.53 Å². The fraction of sp³-hybridized carbons (Fsp3) is 0.818. The summed E-state index contributed by atoms with van der Waals surface area (Å²) in [6, 6.07) is 0. The van der Waals surface area contributed by atoms with Gasteiger partial charge in [0.15, 0.2) is 0 Å². The third-order valence-corrected chi connectivity index (χ3v) is 3.12. The van der Waals surface area contributed by atoms with Crippen LogP contribution in [0.2, 0.25) is 0 Å². The van der Waals surface area contributed by atoms with Gasteiger partial charge in [-0.15, -0.1) is 0 Å². The van der Waals surface area contributed by atoms with Crippen LogP contribution >= 0.6 is 0 Å². The molecule has 2 fully saturated rings. The summed E-state index contributed by atoms with van der Waals surface area (Å²) in [5.74, 6) is -0.00440. The van der Waals surface area contributed by atoms with Gasteiger partial charge >= 0.3 is 6.09 Å². The highest BCUT2D eigenvalue weighted by atomic mass is 16.6. The summed E-state index contributed by atoms with van der Waals surface area (Å²) < 4.78 is 5.10. The van der Waals surface area contributed by atoms with Crippen LogP contribution in [0.5, 0.6) is 0 Å². The minimum atomic E-state index is -0.274. The number of nitrogens with zero attached hydrogens (tertiary/aromatic N) is 1. The Bertz CT molecular complexity index is 313. The van der Waals surface area contributed by atoms with Crippen molar-refractivity contribution < 1.29 is 14.3 Å². The van der Waals surface area contributed by atoms with Gasteiger partial charge in [-0.05, 0) is 6.42 Å². The Hall–Kier alpha value is -1.30. The molecule has 0 aliphatic carbocycles. The van der Waals surface area contributed by atoms with Crippen LogP contribution in [-0.4, -0.2) is 55.2 Å². The molecule has 6 nitrogen and oxygen atoms in total. The average Bonchev–Trinajstić information content (AvgIpc) is 2.26. The van der Waals surface area contributed by atoms with Crippen LogP contribution in [0.15, 0.2) is 0 Å². The molecule has 0 aromatic carbocycles. The summed E-state index contributed by atoms with van der Waals surface area (Å²) in [7, 11) is 0. The molecule has 6 heteroatoms. The van der Waals surface area contributed by atoms with Gasteiger partial charge in [0.25, 0.3) is 0 Å². The predicted molar refractivity (Wildman–Crippen MR) is 61.6 cm³/mol. The number of unbranched alkanes of at least 4 members (excludes halogenated alkanes) is 1. The molecule has 2 aliphatic rings. The van der Waals surface area contributed by atoms with E-state index in [2.05, 4.69) is 17.6 Å². The van der Waals surface area contributed by atoms with Crippen molar-refractivity contribution in [1.82, 2.24) is 15.5 Å². The molecule has 0 unspecified atom stereocenters. The number of rotatable bonds is 3. The van der Waals surface area contributed by atoms with E-state index in [1.54, 1.807) is 4.90 Å². The van der Waals surface area contributed by atoms with E-state index in [0.717, 1.165) is 19.4 Å². The van der Waals surface area contributed by atoms with Crippen LogP contribution in [0.25, 0.3) is 0 Å². The smallest absolute Gasteiger partial charge is 0.409 e. The van der Waals surface area contributed by atoms with Crippen molar-refractivity contribution in [2.45, 2.75) is 25.3 Å². The molecule has 2 rings (SSSR count). The van der Waals surface area contributed by atoms with Gasteiger partial charge in [-0.1, -0.05) is 13.3 Å². The summed E-state index contributed by atoms with van der Waals surface area (Å²) in [5.41, 5.74) is -0.265. The normalized spacial score (nSPS) is 21.9. The Morgan fingerprint density at radius 3 is 2.94 bits per heavy atom. The summed E-state index contributed by atoms with van der Waals surface area (Å²) in [4.78, 5) is 24.5. The van der Waals surface area contributed by atoms with E-state index in [4.69, 9.17) is 4.74 Å². The minimum Gasteiger partial charge on any atom is -0.449 e. The molecule has 0 saturated carbocycles. The zero-order chi connectivity index (χ0) is 12.3. The molecule has 0 aromatic rings. The zero-order valence-electron chi connectivity index (χ0n) is 10.1. The number of likely N-dealkylation sites (tertiary alicyclic amines) is 1. The fourth-order valence-electron chi connectivity index (χ4n) is 2.20. The topological polar surface area (TPSA) is 70.7 Å². The number of amides is 2. The number of carbonyl (C=O) groups is 2. The lowest BCUT2D eigenvalue weighted by Gasteiger charge is -2.51. The Balaban J connectivity index is 1.73. The van der Waals surface area contributed by atoms with E-state index in [1.165, 1.54) is 0 Å². The van der Waals surface area contributed by atoms with Crippen LogP contribution < -0.4 is 10.6 Å². The van der Waals surface area contributed by atoms with Gasteiger partial charge in [-0.2, -0.15) is 0 Å². The lowest BCUT2D eigenvalue weighted by atomic mass is 9.88. The first-order chi connectivity index (χ1) is 8.15. The highest BCUT2D eigenvalue weighted by Crippen LogP contribution is 2.22. The molecular weight excluding hydrogens is 222 g/mol. The Kier molecular flexibility index (Phi) is 3.51. The van der Waals surface area contributed by atoms with Gasteiger partial charge in [0.05, 0.1) is 31.8 Å². The van der Waals surface area contributed by atoms with Gasteiger partial charge in [0, 0.05) is 6.54 Å². The molecule has 2 saturated heterocycles. The van der Waals surface area contributed by atoms with Gasteiger partial charge in [0.2, 0.25) is 5.91 Å². The van der Waals surface area contributed by atoms with Crippen molar-refractivity contribution >= 4 is 12.0 Å². The Labute approximate surface area is 101 Å². The first-order valence-electron chi connectivity index (χ1n) is 6.09. The molecule has 17 heavy (non-hydrogen) atoms. The fourth-order valence-corrected chi connectivity index (χ4v) is 2.20. The van der Waals surface area contributed by atoms with E-state index in [-0.39, 0.29) is 17.5 Å². The van der Waals surface area contributed by atoms with Crippen molar-refractivity contribution in [2.24, 2.45) is 0 Å². The number of ether oxygens (including phenoxy) is 1. The second-order valence-electron chi connectivity index (χ2n) is 4.76. The zero-order valence-corrected chi connectivity index (χ0v) is 10.1. The lowest BCUT2D eigenvalue weighted by molar-refractivity contribution is -0.126. The summed E-state index contributed by atoms with van der Waals surface area (Å²) in [6.07, 6.45) is 1.63. The van der Waals surface area contributed by atoms with Crippen LogP contribution in [0.1, 0.15) is 19.8 Å². The number of hydrogen-bond donors (Lipinski definition) is 2. The third-order valence-electron chi connectivity index (χ3n) is 3.12. The van der Waals surface area contributed by atoms with Crippen LogP contribution in [0.3, 0.4) is 0 Å². The van der Waals surface area contributed by atoms with Crippen molar-refractivity contribution in [3.05, 3.63) is 0 Å². The molecule has 0 atom stereocenters. The molecule has 2 N–H and O–H groups in total.